The molecule has 0 saturated carbocycles. The normalized spacial score (nSPS) is 9.58. The van der Waals surface area contributed by atoms with Crippen LogP contribution in [0.3, 0.4) is 0 Å². The smallest absolute Gasteiger partial charge is 0.257 e. The van der Waals surface area contributed by atoms with Crippen molar-refractivity contribution in [3.05, 3.63) is 18.5 Å². The Bertz CT molecular complexity index is 618. The zero-order chi connectivity index (χ0) is 13.7. The summed E-state index contributed by atoms with van der Waals surface area (Å²) in [6.45, 7) is -0.0366. The lowest BCUT2D eigenvalue weighted by atomic mass is 10.5. The minimum atomic E-state index is -0.0183. The van der Waals surface area contributed by atoms with Crippen molar-refractivity contribution in [2.45, 2.75) is 0 Å². The highest BCUT2D eigenvalue weighted by Gasteiger charge is 2.13. The van der Waals surface area contributed by atoms with Crippen LogP contribution < -0.4 is 10.6 Å². The molecule has 9 heteroatoms. The van der Waals surface area contributed by atoms with Gasteiger partial charge in [0, 0.05) is 12.4 Å². The molecule has 0 bridgehead atoms. The van der Waals surface area contributed by atoms with E-state index in [2.05, 4.69) is 20.1 Å². The van der Waals surface area contributed by atoms with Crippen LogP contribution in [0.2, 0.25) is 0 Å². The summed E-state index contributed by atoms with van der Waals surface area (Å²) in [5, 5.41) is 21.4. The van der Waals surface area contributed by atoms with Gasteiger partial charge in [-0.15, -0.1) is 0 Å². The predicted molar refractivity (Wildman–Crippen MR) is 64.8 cm³/mol. The van der Waals surface area contributed by atoms with Crippen LogP contribution in [-0.4, -0.2) is 37.8 Å². The van der Waals surface area contributed by atoms with E-state index in [0.717, 1.165) is 0 Å². The molecule has 0 amide bonds. The van der Waals surface area contributed by atoms with Gasteiger partial charge in [0.2, 0.25) is 11.9 Å². The van der Waals surface area contributed by atoms with E-state index in [0.29, 0.717) is 0 Å². The van der Waals surface area contributed by atoms with Gasteiger partial charge in [0.05, 0.1) is 12.1 Å². The van der Waals surface area contributed by atoms with Crippen molar-refractivity contribution < 1.29 is 0 Å². The SMILES string of the molecule is N#CCN(CC#N)c1nc(N)nc(-n2cccn2)n1. The van der Waals surface area contributed by atoms with Gasteiger partial charge in [0.15, 0.2) is 0 Å². The quantitative estimate of drug-likeness (QED) is 0.722. The summed E-state index contributed by atoms with van der Waals surface area (Å²) in [7, 11) is 0. The maximum absolute atomic E-state index is 8.73. The van der Waals surface area contributed by atoms with E-state index in [-0.39, 0.29) is 30.9 Å². The van der Waals surface area contributed by atoms with Gasteiger partial charge >= 0.3 is 0 Å². The molecule has 0 aliphatic carbocycles. The molecule has 2 aromatic rings. The molecule has 2 rings (SSSR count). The van der Waals surface area contributed by atoms with Crippen molar-refractivity contribution in [2.75, 3.05) is 23.7 Å². The van der Waals surface area contributed by atoms with Crippen molar-refractivity contribution in [2.24, 2.45) is 0 Å². The molecular formula is C10H9N9. The van der Waals surface area contributed by atoms with Crippen LogP contribution in [0.15, 0.2) is 18.5 Å². The Kier molecular flexibility index (Phi) is 3.50. The summed E-state index contributed by atoms with van der Waals surface area (Å²) in [5.74, 6) is 0.394. The van der Waals surface area contributed by atoms with Crippen LogP contribution in [0.4, 0.5) is 11.9 Å². The van der Waals surface area contributed by atoms with Gasteiger partial charge in [-0.1, -0.05) is 0 Å². The third-order valence-corrected chi connectivity index (χ3v) is 2.14. The van der Waals surface area contributed by atoms with Gasteiger partial charge in [-0.2, -0.15) is 30.6 Å². The van der Waals surface area contributed by atoms with Crippen LogP contribution >= 0.6 is 0 Å². The number of nitrogen functional groups attached to an aromatic ring is 1. The number of nitrogens with two attached hydrogens (primary N) is 1. The summed E-state index contributed by atoms with van der Waals surface area (Å²) >= 11 is 0. The highest BCUT2D eigenvalue weighted by atomic mass is 15.4. The lowest BCUT2D eigenvalue weighted by Gasteiger charge is -2.15. The minimum absolute atomic E-state index is 0.00335. The average molecular weight is 255 g/mol. The summed E-state index contributed by atoms with van der Waals surface area (Å²) in [5.41, 5.74) is 5.60. The first-order chi connectivity index (χ1) is 9.24. The fourth-order valence-corrected chi connectivity index (χ4v) is 1.37. The predicted octanol–water partition coefficient (Wildman–Crippen LogP) is -0.507. The van der Waals surface area contributed by atoms with E-state index >= 15 is 0 Å². The van der Waals surface area contributed by atoms with Crippen molar-refractivity contribution in [1.29, 1.82) is 10.5 Å². The summed E-state index contributed by atoms with van der Waals surface area (Å²) in [4.78, 5) is 13.4. The standard InChI is InChI=1S/C10H9N9/c11-2-6-18(7-3-12)9-15-8(13)16-10(17-9)19-5-1-4-14-19/h1,4-5H,6-7H2,(H2,13,15,16,17). The van der Waals surface area contributed by atoms with E-state index in [4.69, 9.17) is 16.3 Å². The van der Waals surface area contributed by atoms with Crippen molar-refractivity contribution in [1.82, 2.24) is 24.7 Å². The third-order valence-electron chi connectivity index (χ3n) is 2.14. The van der Waals surface area contributed by atoms with Gasteiger partial charge in [-0.05, 0) is 6.07 Å². The molecule has 2 heterocycles. The summed E-state index contributed by atoms with van der Waals surface area (Å²) in [6, 6.07) is 5.58. The Labute approximate surface area is 108 Å². The molecule has 0 saturated heterocycles. The lowest BCUT2D eigenvalue weighted by Crippen LogP contribution is -2.27. The number of hydrogen-bond acceptors (Lipinski definition) is 8. The number of rotatable bonds is 4. The average Bonchev–Trinajstić information content (AvgIpc) is 2.91. The monoisotopic (exact) mass is 255 g/mol. The van der Waals surface area contributed by atoms with Gasteiger partial charge in [-0.25, -0.2) is 4.68 Å². The Morgan fingerprint density at radius 1 is 1.21 bits per heavy atom. The molecule has 2 aromatic heterocycles. The Morgan fingerprint density at radius 2 is 1.95 bits per heavy atom. The Morgan fingerprint density at radius 3 is 2.53 bits per heavy atom. The second kappa shape index (κ2) is 5.42. The first-order valence-corrected chi connectivity index (χ1v) is 5.25. The Hall–Kier alpha value is -3.20. The molecule has 0 atom stereocenters. The number of aromatic nitrogens is 5. The van der Waals surface area contributed by atoms with Gasteiger partial charge < -0.3 is 10.6 Å². The van der Waals surface area contributed by atoms with Gasteiger partial charge in [-0.3, -0.25) is 0 Å². The lowest BCUT2D eigenvalue weighted by molar-refractivity contribution is 0.782. The zero-order valence-electron chi connectivity index (χ0n) is 9.80. The zero-order valence-corrected chi connectivity index (χ0v) is 9.80. The topological polar surface area (TPSA) is 133 Å². The highest BCUT2D eigenvalue weighted by molar-refractivity contribution is 5.39. The molecule has 0 aliphatic heterocycles. The van der Waals surface area contributed by atoms with Crippen LogP contribution in [-0.2, 0) is 0 Å². The van der Waals surface area contributed by atoms with Crippen molar-refractivity contribution in [3.63, 3.8) is 0 Å². The number of hydrogen-bond donors (Lipinski definition) is 1. The molecule has 0 unspecified atom stereocenters. The third kappa shape index (κ3) is 2.73. The Balaban J connectivity index is 2.41. The fourth-order valence-electron chi connectivity index (χ4n) is 1.37. The number of nitrogens with zero attached hydrogens (tertiary/aromatic N) is 8. The number of nitriles is 2. The molecule has 0 radical (unpaired) electrons. The maximum Gasteiger partial charge on any atom is 0.257 e. The maximum atomic E-state index is 8.73. The minimum Gasteiger partial charge on any atom is -0.368 e. The van der Waals surface area contributed by atoms with E-state index in [1.807, 2.05) is 12.1 Å². The first kappa shape index (κ1) is 12.3. The van der Waals surface area contributed by atoms with Gasteiger partial charge in [0.1, 0.15) is 13.1 Å². The molecule has 2 N–H and O–H groups in total. The molecule has 9 nitrogen and oxygen atoms in total. The molecule has 0 spiro atoms. The molecule has 19 heavy (non-hydrogen) atoms. The van der Waals surface area contributed by atoms with Crippen molar-refractivity contribution >= 4 is 11.9 Å². The van der Waals surface area contributed by atoms with Crippen LogP contribution in [0.5, 0.6) is 0 Å². The van der Waals surface area contributed by atoms with E-state index in [1.165, 1.54) is 9.58 Å². The molecule has 0 fully saturated rings. The summed E-state index contributed by atoms with van der Waals surface area (Å²) < 4.78 is 1.42. The second-order valence-corrected chi connectivity index (χ2v) is 3.42. The molecule has 0 aliphatic rings. The summed E-state index contributed by atoms with van der Waals surface area (Å²) in [6.07, 6.45) is 3.22. The van der Waals surface area contributed by atoms with E-state index in [1.54, 1.807) is 18.5 Å². The second-order valence-electron chi connectivity index (χ2n) is 3.42. The molecule has 94 valence electrons. The van der Waals surface area contributed by atoms with E-state index < -0.39 is 0 Å². The van der Waals surface area contributed by atoms with E-state index in [9.17, 15) is 0 Å². The first-order valence-electron chi connectivity index (χ1n) is 5.25. The fraction of sp³-hybridized carbons (Fsp3) is 0.200. The number of anilines is 2. The van der Waals surface area contributed by atoms with Crippen LogP contribution in [0, 0.1) is 22.7 Å². The van der Waals surface area contributed by atoms with Crippen LogP contribution in [0.1, 0.15) is 0 Å². The highest BCUT2D eigenvalue weighted by Crippen LogP contribution is 2.10. The molecular weight excluding hydrogens is 246 g/mol. The molecule has 0 aromatic carbocycles. The van der Waals surface area contributed by atoms with Gasteiger partial charge in [0.25, 0.3) is 5.95 Å². The largest absolute Gasteiger partial charge is 0.368 e. The van der Waals surface area contributed by atoms with Crippen molar-refractivity contribution in [3.8, 4) is 18.1 Å². The van der Waals surface area contributed by atoms with Crippen LogP contribution in [0.25, 0.3) is 5.95 Å².